The Hall–Kier alpha value is -3.23. The number of urea groups is 1. The molecule has 196 valence electrons. The van der Waals surface area contributed by atoms with Crippen molar-refractivity contribution < 1.29 is 19.1 Å². The van der Waals surface area contributed by atoms with Crippen LogP contribution in [0.15, 0.2) is 48.7 Å². The zero-order valence-corrected chi connectivity index (χ0v) is 22.1. The van der Waals surface area contributed by atoms with E-state index in [1.807, 2.05) is 30.5 Å². The van der Waals surface area contributed by atoms with Crippen molar-refractivity contribution in [3.63, 3.8) is 0 Å². The van der Waals surface area contributed by atoms with Gasteiger partial charge in [-0.2, -0.15) is 0 Å². The van der Waals surface area contributed by atoms with Crippen molar-refractivity contribution >= 4 is 52.0 Å². The number of nitrogens with zero attached hydrogens (tertiary/aromatic N) is 2. The molecule has 37 heavy (non-hydrogen) atoms. The second kappa shape index (κ2) is 12.3. The van der Waals surface area contributed by atoms with E-state index >= 15 is 0 Å². The van der Waals surface area contributed by atoms with E-state index in [9.17, 15) is 14.4 Å². The van der Waals surface area contributed by atoms with Crippen molar-refractivity contribution in [3.05, 3.63) is 69.8 Å². The molecule has 2 aromatic carbocycles. The van der Waals surface area contributed by atoms with Crippen LogP contribution >= 0.6 is 23.2 Å². The number of halogens is 2. The molecule has 10 heteroatoms. The van der Waals surface area contributed by atoms with Crippen molar-refractivity contribution in [2.45, 2.75) is 38.8 Å². The summed E-state index contributed by atoms with van der Waals surface area (Å²) in [4.78, 5) is 44.6. The van der Waals surface area contributed by atoms with Crippen molar-refractivity contribution in [1.82, 2.24) is 20.1 Å². The van der Waals surface area contributed by atoms with E-state index in [-0.39, 0.29) is 31.6 Å². The minimum atomic E-state index is -0.516. The van der Waals surface area contributed by atoms with Crippen LogP contribution in [0.3, 0.4) is 0 Å². The standard InChI is InChI=1S/C27H30Cl2N4O4/c1-2-37-26(35)15-31-27(36)33(20-8-9-20)17-25(34)32(16-18-7-10-22(28)23(29)13-18)12-11-19-14-30-24-6-4-3-5-21(19)24/h3-7,10,13-14,20,30H,2,8-9,11-12,15-17H2,1H3,(H,31,36). The molecule has 1 saturated carbocycles. The summed E-state index contributed by atoms with van der Waals surface area (Å²) in [5.41, 5.74) is 2.98. The van der Waals surface area contributed by atoms with Crippen molar-refractivity contribution in [3.8, 4) is 0 Å². The van der Waals surface area contributed by atoms with Gasteiger partial charge in [0.25, 0.3) is 0 Å². The largest absolute Gasteiger partial charge is 0.465 e. The van der Waals surface area contributed by atoms with Gasteiger partial charge in [0, 0.05) is 36.2 Å². The molecule has 0 aliphatic heterocycles. The lowest BCUT2D eigenvalue weighted by atomic mass is 10.1. The van der Waals surface area contributed by atoms with Crippen LogP contribution in [0, 0.1) is 0 Å². The molecule has 1 heterocycles. The number of nitrogens with one attached hydrogen (secondary N) is 2. The summed E-state index contributed by atoms with van der Waals surface area (Å²) in [6, 6.07) is 12.9. The number of fused-ring (bicyclic) bond motifs is 1. The molecule has 8 nitrogen and oxygen atoms in total. The highest BCUT2D eigenvalue weighted by molar-refractivity contribution is 6.42. The zero-order valence-electron chi connectivity index (χ0n) is 20.6. The number of carbonyl (C=O) groups is 3. The van der Waals surface area contributed by atoms with Crippen LogP contribution in [0.25, 0.3) is 10.9 Å². The van der Waals surface area contributed by atoms with E-state index in [0.717, 1.165) is 34.9 Å². The summed E-state index contributed by atoms with van der Waals surface area (Å²) in [7, 11) is 0. The van der Waals surface area contributed by atoms with Crippen LogP contribution in [0.1, 0.15) is 30.9 Å². The fourth-order valence-electron chi connectivity index (χ4n) is 4.20. The van der Waals surface area contributed by atoms with E-state index in [2.05, 4.69) is 16.4 Å². The maximum absolute atomic E-state index is 13.6. The molecule has 1 fully saturated rings. The van der Waals surface area contributed by atoms with Gasteiger partial charge in [0.1, 0.15) is 13.1 Å². The fourth-order valence-corrected chi connectivity index (χ4v) is 4.52. The van der Waals surface area contributed by atoms with Gasteiger partial charge in [-0.05, 0) is 55.5 Å². The predicted molar refractivity (Wildman–Crippen MR) is 144 cm³/mol. The molecule has 2 N–H and O–H groups in total. The second-order valence-corrected chi connectivity index (χ2v) is 9.81. The van der Waals surface area contributed by atoms with Gasteiger partial charge in [0.15, 0.2) is 0 Å². The maximum atomic E-state index is 13.6. The van der Waals surface area contributed by atoms with Crippen LogP contribution in [0.4, 0.5) is 4.79 Å². The Balaban J connectivity index is 1.48. The summed E-state index contributed by atoms with van der Waals surface area (Å²) >= 11 is 12.3. The van der Waals surface area contributed by atoms with E-state index in [1.165, 1.54) is 4.90 Å². The van der Waals surface area contributed by atoms with Crippen LogP contribution in [0.5, 0.6) is 0 Å². The highest BCUT2D eigenvalue weighted by Gasteiger charge is 2.35. The van der Waals surface area contributed by atoms with E-state index < -0.39 is 12.0 Å². The van der Waals surface area contributed by atoms with Gasteiger partial charge < -0.3 is 24.8 Å². The average molecular weight is 545 g/mol. The molecule has 0 bridgehead atoms. The van der Waals surface area contributed by atoms with Gasteiger partial charge in [0.2, 0.25) is 5.91 Å². The Morgan fingerprint density at radius 2 is 1.89 bits per heavy atom. The first-order valence-electron chi connectivity index (χ1n) is 12.3. The number of aromatic nitrogens is 1. The van der Waals surface area contributed by atoms with Gasteiger partial charge in [-0.15, -0.1) is 0 Å². The monoisotopic (exact) mass is 544 g/mol. The molecule has 0 spiro atoms. The number of hydrogen-bond donors (Lipinski definition) is 2. The van der Waals surface area contributed by atoms with Gasteiger partial charge in [0.05, 0.1) is 16.7 Å². The molecule has 3 aromatic rings. The number of esters is 1. The van der Waals surface area contributed by atoms with Crippen LogP contribution in [0.2, 0.25) is 10.0 Å². The summed E-state index contributed by atoms with van der Waals surface area (Å²) in [6.45, 7) is 2.38. The number of para-hydroxylation sites is 1. The lowest BCUT2D eigenvalue weighted by molar-refractivity contribution is -0.141. The van der Waals surface area contributed by atoms with Crippen LogP contribution in [-0.4, -0.2) is 65.0 Å². The topological polar surface area (TPSA) is 94.7 Å². The van der Waals surface area contributed by atoms with E-state index in [4.69, 9.17) is 27.9 Å². The molecular formula is C27H30Cl2N4O4. The summed E-state index contributed by atoms with van der Waals surface area (Å²) in [6.07, 6.45) is 4.24. The number of aromatic amines is 1. The highest BCUT2D eigenvalue weighted by atomic mass is 35.5. The molecule has 0 saturated heterocycles. The molecular weight excluding hydrogens is 515 g/mol. The third-order valence-corrected chi connectivity index (χ3v) is 7.02. The fraction of sp³-hybridized carbons (Fsp3) is 0.370. The Morgan fingerprint density at radius 1 is 1.11 bits per heavy atom. The Labute approximate surface area is 225 Å². The lowest BCUT2D eigenvalue weighted by Crippen LogP contribution is -2.49. The van der Waals surface area contributed by atoms with Crippen LogP contribution in [-0.2, 0) is 27.3 Å². The number of carbonyl (C=O) groups excluding carboxylic acids is 3. The first kappa shape index (κ1) is 26.8. The molecule has 4 rings (SSSR count). The average Bonchev–Trinajstić information content (AvgIpc) is 3.65. The number of ether oxygens (including phenoxy) is 1. The lowest BCUT2D eigenvalue weighted by Gasteiger charge is -2.28. The number of benzene rings is 2. The summed E-state index contributed by atoms with van der Waals surface area (Å²) < 4.78 is 4.88. The van der Waals surface area contributed by atoms with Crippen molar-refractivity contribution in [1.29, 1.82) is 0 Å². The SMILES string of the molecule is CCOC(=O)CNC(=O)N(CC(=O)N(CCc1c[nH]c2ccccc12)Cc1ccc(Cl)c(Cl)c1)C1CC1. The van der Waals surface area contributed by atoms with Gasteiger partial charge >= 0.3 is 12.0 Å². The Kier molecular flexibility index (Phi) is 8.95. The molecule has 1 aliphatic carbocycles. The normalized spacial score (nSPS) is 12.8. The number of hydrogen-bond acceptors (Lipinski definition) is 4. The zero-order chi connectivity index (χ0) is 26.4. The minimum Gasteiger partial charge on any atom is -0.465 e. The number of amides is 3. The molecule has 0 radical (unpaired) electrons. The predicted octanol–water partition coefficient (Wildman–Crippen LogP) is 4.78. The minimum absolute atomic E-state index is 0.0217. The third-order valence-electron chi connectivity index (χ3n) is 6.28. The molecule has 0 atom stereocenters. The Bertz CT molecular complexity index is 1270. The quantitative estimate of drug-likeness (QED) is 0.339. The van der Waals surface area contributed by atoms with Crippen LogP contribution < -0.4 is 5.32 Å². The highest BCUT2D eigenvalue weighted by Crippen LogP contribution is 2.28. The molecule has 1 aromatic heterocycles. The Morgan fingerprint density at radius 3 is 2.62 bits per heavy atom. The molecule has 1 aliphatic rings. The molecule has 3 amide bonds. The molecule has 0 unspecified atom stereocenters. The second-order valence-electron chi connectivity index (χ2n) is 9.00. The van der Waals surface area contributed by atoms with Gasteiger partial charge in [-0.25, -0.2) is 4.79 Å². The first-order chi connectivity index (χ1) is 17.9. The van der Waals surface area contributed by atoms with Gasteiger partial charge in [-0.3, -0.25) is 9.59 Å². The summed E-state index contributed by atoms with van der Waals surface area (Å²) in [5, 5.41) is 4.55. The van der Waals surface area contributed by atoms with Gasteiger partial charge in [-0.1, -0.05) is 47.5 Å². The maximum Gasteiger partial charge on any atom is 0.325 e. The number of H-pyrrole nitrogens is 1. The van der Waals surface area contributed by atoms with E-state index in [0.29, 0.717) is 29.6 Å². The third kappa shape index (κ3) is 7.17. The van der Waals surface area contributed by atoms with Crippen molar-refractivity contribution in [2.75, 3.05) is 26.2 Å². The summed E-state index contributed by atoms with van der Waals surface area (Å²) in [5.74, 6) is -0.706. The number of rotatable bonds is 11. The van der Waals surface area contributed by atoms with Crippen molar-refractivity contribution in [2.24, 2.45) is 0 Å². The smallest absolute Gasteiger partial charge is 0.325 e. The van der Waals surface area contributed by atoms with E-state index in [1.54, 1.807) is 24.0 Å². The first-order valence-corrected chi connectivity index (χ1v) is 13.1.